The lowest BCUT2D eigenvalue weighted by Gasteiger charge is -2.16. The van der Waals surface area contributed by atoms with Crippen molar-refractivity contribution in [1.82, 2.24) is 15.5 Å². The third-order valence-corrected chi connectivity index (χ3v) is 3.97. The minimum atomic E-state index is -1.13. The van der Waals surface area contributed by atoms with Crippen LogP contribution in [-0.4, -0.2) is 40.3 Å². The lowest BCUT2D eigenvalue weighted by molar-refractivity contribution is -0.139. The first-order valence-electron chi connectivity index (χ1n) is 7.82. The first-order chi connectivity index (χ1) is 11.6. The molecule has 0 radical (unpaired) electrons. The van der Waals surface area contributed by atoms with Gasteiger partial charge in [-0.2, -0.15) is 0 Å². The summed E-state index contributed by atoms with van der Waals surface area (Å²) in [5.74, 6) is -0.954. The molecule has 1 amide bonds. The second-order valence-corrected chi connectivity index (χ2v) is 5.63. The van der Waals surface area contributed by atoms with Crippen LogP contribution in [0.1, 0.15) is 34.9 Å². The number of amides is 1. The number of aliphatic carboxylic acids is 1. The van der Waals surface area contributed by atoms with Gasteiger partial charge in [-0.15, -0.1) is 10.2 Å². The highest BCUT2D eigenvalue weighted by atomic mass is 16.4. The first-order valence-corrected chi connectivity index (χ1v) is 7.82. The summed E-state index contributed by atoms with van der Waals surface area (Å²) in [6.45, 7) is 1.88. The van der Waals surface area contributed by atoms with E-state index in [1.807, 2.05) is 0 Å². The minimum Gasteiger partial charge on any atom is -0.479 e. The smallest absolute Gasteiger partial charge is 0.330 e. The van der Waals surface area contributed by atoms with Gasteiger partial charge >= 0.3 is 5.97 Å². The Morgan fingerprint density at radius 2 is 1.75 bits per heavy atom. The van der Waals surface area contributed by atoms with Crippen LogP contribution in [0.3, 0.4) is 0 Å². The summed E-state index contributed by atoms with van der Waals surface area (Å²) < 4.78 is 0. The second-order valence-electron chi connectivity index (χ2n) is 5.63. The van der Waals surface area contributed by atoms with Crippen LogP contribution in [0.25, 0.3) is 0 Å². The molecule has 1 aromatic heterocycles. The van der Waals surface area contributed by atoms with Gasteiger partial charge in [0.15, 0.2) is 17.6 Å². The van der Waals surface area contributed by atoms with E-state index in [0.717, 1.165) is 31.7 Å². The molecule has 0 bridgehead atoms. The van der Waals surface area contributed by atoms with Crippen molar-refractivity contribution in [2.75, 3.05) is 18.0 Å². The van der Waals surface area contributed by atoms with E-state index in [2.05, 4.69) is 20.4 Å². The Morgan fingerprint density at radius 1 is 1.04 bits per heavy atom. The van der Waals surface area contributed by atoms with Gasteiger partial charge in [-0.05, 0) is 30.5 Å². The van der Waals surface area contributed by atoms with Crippen molar-refractivity contribution in [2.45, 2.75) is 18.9 Å². The number of carboxylic acids is 1. The monoisotopic (exact) mass is 326 g/mol. The van der Waals surface area contributed by atoms with Crippen LogP contribution in [0.4, 0.5) is 5.82 Å². The van der Waals surface area contributed by atoms with Crippen LogP contribution in [-0.2, 0) is 4.79 Å². The van der Waals surface area contributed by atoms with Gasteiger partial charge in [0.25, 0.3) is 5.91 Å². The number of carbonyl (C=O) groups excluding carboxylic acids is 1. The van der Waals surface area contributed by atoms with Gasteiger partial charge in [-0.25, -0.2) is 4.79 Å². The molecule has 1 aliphatic heterocycles. The number of anilines is 1. The van der Waals surface area contributed by atoms with Gasteiger partial charge < -0.3 is 15.3 Å². The van der Waals surface area contributed by atoms with E-state index in [-0.39, 0.29) is 5.69 Å². The van der Waals surface area contributed by atoms with Crippen LogP contribution in [0.2, 0.25) is 0 Å². The average molecular weight is 326 g/mol. The van der Waals surface area contributed by atoms with E-state index in [9.17, 15) is 14.7 Å². The zero-order chi connectivity index (χ0) is 16.9. The fourth-order valence-corrected chi connectivity index (χ4v) is 2.70. The summed E-state index contributed by atoms with van der Waals surface area (Å²) >= 11 is 0. The van der Waals surface area contributed by atoms with Crippen LogP contribution in [0.5, 0.6) is 0 Å². The molecule has 1 saturated heterocycles. The average Bonchev–Trinajstić information content (AvgIpc) is 3.15. The van der Waals surface area contributed by atoms with Gasteiger partial charge in [-0.3, -0.25) is 4.79 Å². The summed E-state index contributed by atoms with van der Waals surface area (Å²) in [6.07, 6.45) is 2.25. The zero-order valence-corrected chi connectivity index (χ0v) is 13.1. The molecule has 0 saturated carbocycles. The molecule has 1 aromatic carbocycles. The standard InChI is InChI=1S/C17H18N4O3/c22-16(18-15(17(23)24)12-6-2-1-3-7-12)13-8-9-14(20-19-13)21-10-4-5-11-21/h1-3,6-9,15H,4-5,10-11H2,(H,18,22)(H,23,24)/t15-/m1/s1. The lowest BCUT2D eigenvalue weighted by atomic mass is 10.1. The lowest BCUT2D eigenvalue weighted by Crippen LogP contribution is -2.34. The Hall–Kier alpha value is -2.96. The second kappa shape index (κ2) is 7.08. The van der Waals surface area contributed by atoms with Crippen LogP contribution < -0.4 is 10.2 Å². The number of nitrogens with one attached hydrogen (secondary N) is 1. The summed E-state index contributed by atoms with van der Waals surface area (Å²) in [6, 6.07) is 10.7. The molecule has 2 aromatic rings. The molecule has 1 atom stereocenters. The molecular formula is C17H18N4O3. The van der Waals surface area contributed by atoms with E-state index in [1.54, 1.807) is 42.5 Å². The van der Waals surface area contributed by atoms with Crippen molar-refractivity contribution in [3.05, 3.63) is 53.7 Å². The third-order valence-electron chi connectivity index (χ3n) is 3.97. The molecule has 0 aliphatic carbocycles. The molecule has 2 heterocycles. The summed E-state index contributed by atoms with van der Waals surface area (Å²) in [7, 11) is 0. The predicted molar refractivity (Wildman–Crippen MR) is 87.8 cm³/mol. The molecule has 7 nitrogen and oxygen atoms in total. The van der Waals surface area contributed by atoms with Crippen molar-refractivity contribution in [3.63, 3.8) is 0 Å². The van der Waals surface area contributed by atoms with Gasteiger partial charge in [0.2, 0.25) is 0 Å². The molecule has 0 spiro atoms. The topological polar surface area (TPSA) is 95.4 Å². The Labute approximate surface area is 139 Å². The number of benzene rings is 1. The molecule has 1 aliphatic rings. The van der Waals surface area contributed by atoms with E-state index in [4.69, 9.17) is 0 Å². The third kappa shape index (κ3) is 3.51. The molecule has 7 heteroatoms. The Balaban J connectivity index is 1.72. The van der Waals surface area contributed by atoms with Crippen molar-refractivity contribution in [1.29, 1.82) is 0 Å². The number of aromatic nitrogens is 2. The number of hydrogen-bond donors (Lipinski definition) is 2. The largest absolute Gasteiger partial charge is 0.479 e. The maximum absolute atomic E-state index is 12.3. The number of nitrogens with zero attached hydrogens (tertiary/aromatic N) is 3. The molecule has 3 rings (SSSR count). The van der Waals surface area contributed by atoms with E-state index in [1.165, 1.54) is 0 Å². The highest BCUT2D eigenvalue weighted by Gasteiger charge is 2.23. The van der Waals surface area contributed by atoms with E-state index in [0.29, 0.717) is 5.56 Å². The Bertz CT molecular complexity index is 712. The molecule has 24 heavy (non-hydrogen) atoms. The SMILES string of the molecule is O=C(N[C@@H](C(=O)O)c1ccccc1)c1ccc(N2CCCC2)nn1. The minimum absolute atomic E-state index is 0.0973. The van der Waals surface area contributed by atoms with Gasteiger partial charge in [0, 0.05) is 13.1 Å². The number of rotatable bonds is 5. The van der Waals surface area contributed by atoms with E-state index < -0.39 is 17.9 Å². The Morgan fingerprint density at radius 3 is 2.33 bits per heavy atom. The number of carboxylic acid groups (broad SMARTS) is 1. The number of hydrogen-bond acceptors (Lipinski definition) is 5. The van der Waals surface area contributed by atoms with Crippen LogP contribution in [0.15, 0.2) is 42.5 Å². The molecular weight excluding hydrogens is 308 g/mol. The highest BCUT2D eigenvalue weighted by Crippen LogP contribution is 2.17. The Kier molecular flexibility index (Phi) is 4.69. The molecule has 124 valence electrons. The summed E-state index contributed by atoms with van der Waals surface area (Å²) in [5, 5.41) is 19.8. The van der Waals surface area contributed by atoms with Crippen molar-refractivity contribution in [3.8, 4) is 0 Å². The normalized spacial score (nSPS) is 15.1. The van der Waals surface area contributed by atoms with Crippen LogP contribution >= 0.6 is 0 Å². The predicted octanol–water partition coefficient (Wildman–Crippen LogP) is 1.63. The number of carbonyl (C=O) groups is 2. The fraction of sp³-hybridized carbons (Fsp3) is 0.294. The highest BCUT2D eigenvalue weighted by molar-refractivity contribution is 5.95. The van der Waals surface area contributed by atoms with Crippen LogP contribution in [0, 0.1) is 0 Å². The summed E-state index contributed by atoms with van der Waals surface area (Å²) in [4.78, 5) is 25.8. The zero-order valence-electron chi connectivity index (χ0n) is 13.1. The van der Waals surface area contributed by atoms with Gasteiger partial charge in [0.1, 0.15) is 0 Å². The molecule has 0 unspecified atom stereocenters. The maximum atomic E-state index is 12.3. The van der Waals surface area contributed by atoms with Gasteiger partial charge in [0.05, 0.1) is 0 Å². The van der Waals surface area contributed by atoms with Crippen molar-refractivity contribution < 1.29 is 14.7 Å². The van der Waals surface area contributed by atoms with Crippen molar-refractivity contribution >= 4 is 17.7 Å². The molecule has 1 fully saturated rings. The quantitative estimate of drug-likeness (QED) is 0.867. The van der Waals surface area contributed by atoms with Crippen molar-refractivity contribution in [2.24, 2.45) is 0 Å². The van der Waals surface area contributed by atoms with E-state index >= 15 is 0 Å². The summed E-state index contributed by atoms with van der Waals surface area (Å²) in [5.41, 5.74) is 0.597. The maximum Gasteiger partial charge on any atom is 0.330 e. The van der Waals surface area contributed by atoms with Gasteiger partial charge in [-0.1, -0.05) is 30.3 Å². The first kappa shape index (κ1) is 15.9. The fourth-order valence-electron chi connectivity index (χ4n) is 2.70. The molecule has 2 N–H and O–H groups in total.